The highest BCUT2D eigenvalue weighted by atomic mass is 35.5. The van der Waals surface area contributed by atoms with Crippen LogP contribution in [0.15, 0.2) is 29.4 Å². The van der Waals surface area contributed by atoms with Crippen LogP contribution in [0.2, 0.25) is 0 Å². The Bertz CT molecular complexity index is 695. The molecule has 1 aromatic rings. The fraction of sp³-hybridized carbons (Fsp3) is 0.556. The van der Waals surface area contributed by atoms with Crippen LogP contribution in [-0.2, 0) is 10.2 Å². The molecule has 0 saturated carbocycles. The van der Waals surface area contributed by atoms with Gasteiger partial charge in [-0.15, -0.1) is 0 Å². The Balaban J connectivity index is 1.77. The van der Waals surface area contributed by atoms with Gasteiger partial charge in [0.15, 0.2) is 0 Å². The molecule has 25 heavy (non-hydrogen) atoms. The van der Waals surface area contributed by atoms with E-state index >= 15 is 0 Å². The van der Waals surface area contributed by atoms with Crippen LogP contribution < -0.4 is 16.4 Å². The Morgan fingerprint density at radius 2 is 2.24 bits per heavy atom. The van der Waals surface area contributed by atoms with Gasteiger partial charge in [0.1, 0.15) is 5.82 Å². The predicted molar refractivity (Wildman–Crippen MR) is 97.8 cm³/mol. The molecule has 1 aromatic heterocycles. The molecule has 0 spiro atoms. The van der Waals surface area contributed by atoms with Crippen LogP contribution in [0.4, 0.5) is 5.82 Å². The summed E-state index contributed by atoms with van der Waals surface area (Å²) in [6.07, 6.45) is 3.74. The Kier molecular flexibility index (Phi) is 5.19. The van der Waals surface area contributed by atoms with Gasteiger partial charge < -0.3 is 21.1 Å². The number of pyridine rings is 1. The zero-order chi connectivity index (χ0) is 17.9. The quantitative estimate of drug-likeness (QED) is 0.762. The van der Waals surface area contributed by atoms with Gasteiger partial charge in [0.05, 0.1) is 28.8 Å². The molecule has 2 unspecified atom stereocenters. The molecular formula is C18H24ClN5O. The van der Waals surface area contributed by atoms with Crippen molar-refractivity contribution in [3.63, 3.8) is 0 Å². The first-order valence-corrected chi connectivity index (χ1v) is 8.93. The SMILES string of the molecule is CC1(c2cccc(NCC3(C#N)CCOCC3)n2)CC(N)NC=C1Cl. The lowest BCUT2D eigenvalue weighted by molar-refractivity contribution is 0.0455. The van der Waals surface area contributed by atoms with E-state index in [2.05, 4.69) is 16.7 Å². The van der Waals surface area contributed by atoms with Crippen LogP contribution in [0, 0.1) is 16.7 Å². The highest BCUT2D eigenvalue weighted by Gasteiger charge is 2.37. The maximum Gasteiger partial charge on any atom is 0.126 e. The first kappa shape index (κ1) is 18.0. The summed E-state index contributed by atoms with van der Waals surface area (Å²) < 4.78 is 5.38. The Morgan fingerprint density at radius 1 is 1.48 bits per heavy atom. The molecule has 0 radical (unpaired) electrons. The van der Waals surface area contributed by atoms with E-state index in [-0.39, 0.29) is 6.17 Å². The summed E-state index contributed by atoms with van der Waals surface area (Å²) >= 11 is 6.45. The third-order valence-corrected chi connectivity index (χ3v) is 5.72. The molecule has 2 aliphatic heterocycles. The minimum atomic E-state index is -0.421. The summed E-state index contributed by atoms with van der Waals surface area (Å²) in [6.45, 7) is 3.87. The summed E-state index contributed by atoms with van der Waals surface area (Å²) in [5.41, 5.74) is 6.09. The van der Waals surface area contributed by atoms with Crippen LogP contribution in [-0.4, -0.2) is 30.9 Å². The number of nitriles is 1. The molecule has 1 saturated heterocycles. The second-order valence-corrected chi connectivity index (χ2v) is 7.47. The molecule has 0 bridgehead atoms. The van der Waals surface area contributed by atoms with E-state index in [0.29, 0.717) is 31.2 Å². The third-order valence-electron chi connectivity index (χ3n) is 5.19. The first-order valence-electron chi connectivity index (χ1n) is 8.56. The van der Waals surface area contributed by atoms with Gasteiger partial charge in [0.25, 0.3) is 0 Å². The van der Waals surface area contributed by atoms with Gasteiger partial charge in [-0.05, 0) is 38.3 Å². The molecule has 4 N–H and O–H groups in total. The topological polar surface area (TPSA) is 96.0 Å². The predicted octanol–water partition coefficient (Wildman–Crippen LogP) is 2.43. The molecule has 3 rings (SSSR count). The van der Waals surface area contributed by atoms with Crippen molar-refractivity contribution in [3.05, 3.63) is 35.1 Å². The maximum atomic E-state index is 9.57. The summed E-state index contributed by atoms with van der Waals surface area (Å²) in [7, 11) is 0. The first-order chi connectivity index (χ1) is 12.0. The molecule has 0 aromatic carbocycles. The van der Waals surface area contributed by atoms with Crippen molar-refractivity contribution in [2.75, 3.05) is 25.1 Å². The molecule has 6 nitrogen and oxygen atoms in total. The van der Waals surface area contributed by atoms with E-state index in [1.54, 1.807) is 6.20 Å². The number of hydrogen-bond donors (Lipinski definition) is 3. The molecule has 2 atom stereocenters. The minimum Gasteiger partial charge on any atom is -0.381 e. The van der Waals surface area contributed by atoms with Crippen molar-refractivity contribution in [3.8, 4) is 6.07 Å². The third kappa shape index (κ3) is 3.74. The lowest BCUT2D eigenvalue weighted by Crippen LogP contribution is -2.45. The molecule has 0 amide bonds. The molecule has 134 valence electrons. The second kappa shape index (κ2) is 7.20. The fourth-order valence-corrected chi connectivity index (χ4v) is 3.59. The fourth-order valence-electron chi connectivity index (χ4n) is 3.35. The van der Waals surface area contributed by atoms with E-state index in [1.165, 1.54) is 0 Å². The lowest BCUT2D eigenvalue weighted by Gasteiger charge is -2.35. The number of aromatic nitrogens is 1. The Labute approximate surface area is 153 Å². The van der Waals surface area contributed by atoms with Crippen molar-refractivity contribution in [2.45, 2.75) is 37.8 Å². The van der Waals surface area contributed by atoms with Gasteiger partial charge in [-0.25, -0.2) is 4.98 Å². The number of nitrogens with zero attached hydrogens (tertiary/aromatic N) is 2. The minimum absolute atomic E-state index is 0.157. The van der Waals surface area contributed by atoms with Gasteiger partial charge in [0, 0.05) is 31.0 Å². The number of ether oxygens (including phenoxy) is 1. The molecule has 3 heterocycles. The number of nitrogens with two attached hydrogens (primary N) is 1. The van der Waals surface area contributed by atoms with E-state index < -0.39 is 10.8 Å². The van der Waals surface area contributed by atoms with Gasteiger partial charge in [-0.3, -0.25) is 0 Å². The summed E-state index contributed by atoms with van der Waals surface area (Å²) in [6, 6.07) is 8.29. The Morgan fingerprint density at radius 3 is 2.96 bits per heavy atom. The van der Waals surface area contributed by atoms with Crippen molar-refractivity contribution in [1.82, 2.24) is 10.3 Å². The average molecular weight is 362 g/mol. The second-order valence-electron chi connectivity index (χ2n) is 7.07. The van der Waals surface area contributed by atoms with Gasteiger partial charge in [-0.2, -0.15) is 5.26 Å². The number of allylic oxidation sites excluding steroid dienone is 1. The van der Waals surface area contributed by atoms with Gasteiger partial charge in [0.2, 0.25) is 0 Å². The van der Waals surface area contributed by atoms with E-state index in [9.17, 15) is 5.26 Å². The number of hydrogen-bond acceptors (Lipinski definition) is 6. The van der Waals surface area contributed by atoms with Crippen LogP contribution in [0.3, 0.4) is 0 Å². The largest absolute Gasteiger partial charge is 0.381 e. The van der Waals surface area contributed by atoms with E-state index in [0.717, 1.165) is 24.4 Å². The molecule has 2 aliphatic rings. The summed E-state index contributed by atoms with van der Waals surface area (Å²) in [5.74, 6) is 0.747. The van der Waals surface area contributed by atoms with E-state index in [1.807, 2.05) is 25.1 Å². The molecule has 7 heteroatoms. The highest BCUT2D eigenvalue weighted by Crippen LogP contribution is 2.39. The van der Waals surface area contributed by atoms with Gasteiger partial charge in [-0.1, -0.05) is 17.7 Å². The Hall–Kier alpha value is -1.81. The number of nitrogens with one attached hydrogen (secondary N) is 2. The summed E-state index contributed by atoms with van der Waals surface area (Å²) in [5, 5.41) is 16.6. The van der Waals surface area contributed by atoms with Crippen LogP contribution in [0.25, 0.3) is 0 Å². The highest BCUT2D eigenvalue weighted by molar-refractivity contribution is 6.30. The summed E-state index contributed by atoms with van der Waals surface area (Å²) in [4.78, 5) is 4.74. The average Bonchev–Trinajstić information content (AvgIpc) is 2.64. The molecule has 0 aliphatic carbocycles. The van der Waals surface area contributed by atoms with Gasteiger partial charge >= 0.3 is 0 Å². The van der Waals surface area contributed by atoms with Crippen molar-refractivity contribution < 1.29 is 4.74 Å². The van der Waals surface area contributed by atoms with E-state index in [4.69, 9.17) is 27.1 Å². The monoisotopic (exact) mass is 361 g/mol. The number of rotatable bonds is 4. The number of anilines is 1. The smallest absolute Gasteiger partial charge is 0.126 e. The van der Waals surface area contributed by atoms with Crippen molar-refractivity contribution >= 4 is 17.4 Å². The molecular weight excluding hydrogens is 338 g/mol. The zero-order valence-electron chi connectivity index (χ0n) is 14.4. The standard InChI is InChI=1S/C18H24ClN5O/c1-17(9-15(21)22-10-13(17)19)14-3-2-4-16(24-14)23-12-18(11-20)5-7-25-8-6-18/h2-4,10,15,22H,5-9,12,21H2,1H3,(H,23,24). The van der Waals surface area contributed by atoms with Crippen molar-refractivity contribution in [1.29, 1.82) is 5.26 Å². The zero-order valence-corrected chi connectivity index (χ0v) is 15.1. The van der Waals surface area contributed by atoms with Crippen molar-refractivity contribution in [2.24, 2.45) is 11.1 Å². The maximum absolute atomic E-state index is 9.57. The number of halogens is 1. The normalized spacial score (nSPS) is 28.4. The van der Waals surface area contributed by atoms with Crippen LogP contribution >= 0.6 is 11.6 Å². The van der Waals surface area contributed by atoms with Crippen LogP contribution in [0.1, 0.15) is 31.9 Å². The lowest BCUT2D eigenvalue weighted by atomic mass is 9.80. The molecule has 1 fully saturated rings. The van der Waals surface area contributed by atoms with Crippen LogP contribution in [0.5, 0.6) is 0 Å².